The number of carbonyl (C=O) groups excluding carboxylic acids is 2. The van der Waals surface area contributed by atoms with Gasteiger partial charge >= 0.3 is 6.03 Å². The minimum absolute atomic E-state index is 0.0182. The summed E-state index contributed by atoms with van der Waals surface area (Å²) in [6.45, 7) is 3.70. The van der Waals surface area contributed by atoms with Crippen LogP contribution in [-0.2, 0) is 7.05 Å². The second kappa shape index (κ2) is 8.79. The summed E-state index contributed by atoms with van der Waals surface area (Å²) in [5, 5.41) is 5.22. The van der Waals surface area contributed by atoms with Crippen LogP contribution in [0.15, 0.2) is 48.7 Å². The van der Waals surface area contributed by atoms with Crippen molar-refractivity contribution in [1.29, 1.82) is 0 Å². The highest BCUT2D eigenvalue weighted by Crippen LogP contribution is 2.26. The second-order valence-electron chi connectivity index (χ2n) is 7.89. The van der Waals surface area contributed by atoms with Gasteiger partial charge in [0.2, 0.25) is 0 Å². The first-order valence-electron chi connectivity index (χ1n) is 10.7. The number of methoxy groups -OCH3 is 1. The minimum Gasteiger partial charge on any atom is -0.497 e. The maximum atomic E-state index is 13.1. The summed E-state index contributed by atoms with van der Waals surface area (Å²) in [5.74, 6) is 0.852. The van der Waals surface area contributed by atoms with Crippen LogP contribution in [0.5, 0.6) is 5.75 Å². The highest BCUT2D eigenvalue weighted by molar-refractivity contribution is 6.01. The number of anilines is 1. The summed E-state index contributed by atoms with van der Waals surface area (Å²) >= 11 is 0. The maximum Gasteiger partial charge on any atom is 0.324 e. The molecular weight excluding hydrogens is 392 g/mol. The molecule has 31 heavy (non-hydrogen) atoms. The van der Waals surface area contributed by atoms with E-state index in [1.54, 1.807) is 22.9 Å². The highest BCUT2D eigenvalue weighted by atomic mass is 16.5. The number of piperidine rings is 1. The van der Waals surface area contributed by atoms with Gasteiger partial charge in [0.05, 0.1) is 18.8 Å². The van der Waals surface area contributed by atoms with Gasteiger partial charge in [0.15, 0.2) is 5.78 Å². The van der Waals surface area contributed by atoms with Crippen LogP contribution in [0.1, 0.15) is 30.1 Å². The van der Waals surface area contributed by atoms with Gasteiger partial charge in [0.25, 0.3) is 0 Å². The van der Waals surface area contributed by atoms with Gasteiger partial charge in [-0.15, -0.1) is 0 Å². The highest BCUT2D eigenvalue weighted by Gasteiger charge is 2.30. The number of fused-ring (bicyclic) bond motifs is 1. The average molecular weight is 421 g/mol. The van der Waals surface area contributed by atoms with Crippen LogP contribution >= 0.6 is 0 Å². The van der Waals surface area contributed by atoms with E-state index in [-0.39, 0.29) is 17.7 Å². The lowest BCUT2D eigenvalue weighted by Crippen LogP contribution is -2.47. The van der Waals surface area contributed by atoms with E-state index in [1.807, 2.05) is 61.3 Å². The Kier molecular flexibility index (Phi) is 5.93. The second-order valence-corrected chi connectivity index (χ2v) is 7.89. The Hall–Kier alpha value is -3.35. The van der Waals surface area contributed by atoms with Gasteiger partial charge in [-0.3, -0.25) is 14.4 Å². The van der Waals surface area contributed by atoms with Crippen LogP contribution in [-0.4, -0.2) is 53.2 Å². The predicted octanol–water partition coefficient (Wildman–Crippen LogP) is 4.12. The number of hydrogen-bond acceptors (Lipinski definition) is 4. The number of hydrogen-bond donors (Lipinski definition) is 0. The molecule has 0 atom stereocenters. The third-order valence-corrected chi connectivity index (χ3v) is 6.10. The van der Waals surface area contributed by atoms with Crippen LogP contribution in [0.4, 0.5) is 10.5 Å². The number of Topliss-reactive ketones (excluding diaryl/α,β-unsaturated/α-hetero) is 1. The Labute approximate surface area is 182 Å². The first kappa shape index (κ1) is 20.9. The number of likely N-dealkylation sites (tertiary alicyclic amines) is 1. The van der Waals surface area contributed by atoms with Crippen molar-refractivity contribution >= 4 is 28.4 Å². The van der Waals surface area contributed by atoms with Crippen molar-refractivity contribution in [3.05, 3.63) is 54.2 Å². The molecule has 3 aromatic rings. The fourth-order valence-corrected chi connectivity index (χ4v) is 4.25. The standard InChI is InChI=1S/C24H28N4O3/c1-4-28(20-6-8-21(31-3)9-7-20)24(30)27-13-11-17(12-14-27)23(29)18-5-10-22-19(15-18)16-25-26(22)2/h5-10,15-17H,4,11-14H2,1-3H3. The normalized spacial score (nSPS) is 14.6. The number of amides is 2. The van der Waals surface area contributed by atoms with E-state index >= 15 is 0 Å². The van der Waals surface area contributed by atoms with Gasteiger partial charge in [-0.2, -0.15) is 5.10 Å². The summed E-state index contributed by atoms with van der Waals surface area (Å²) in [6, 6.07) is 13.2. The Morgan fingerprint density at radius 2 is 1.84 bits per heavy atom. The lowest BCUT2D eigenvalue weighted by molar-refractivity contribution is 0.0857. The zero-order chi connectivity index (χ0) is 22.0. The van der Waals surface area contributed by atoms with Crippen molar-refractivity contribution in [3.8, 4) is 5.75 Å². The van der Waals surface area contributed by atoms with Crippen molar-refractivity contribution in [2.75, 3.05) is 31.6 Å². The topological polar surface area (TPSA) is 67.7 Å². The largest absolute Gasteiger partial charge is 0.497 e. The SMILES string of the molecule is CCN(C(=O)N1CCC(C(=O)c2ccc3c(cnn3C)c2)CC1)c1ccc(OC)cc1. The molecule has 0 N–H and O–H groups in total. The summed E-state index contributed by atoms with van der Waals surface area (Å²) in [6.07, 6.45) is 3.14. The number of aryl methyl sites for hydroxylation is 1. The van der Waals surface area contributed by atoms with Gasteiger partial charge in [0.1, 0.15) is 5.75 Å². The van der Waals surface area contributed by atoms with Crippen molar-refractivity contribution in [2.45, 2.75) is 19.8 Å². The first-order valence-corrected chi connectivity index (χ1v) is 10.7. The van der Waals surface area contributed by atoms with Crippen LogP contribution in [0, 0.1) is 5.92 Å². The van der Waals surface area contributed by atoms with Crippen LogP contribution in [0.25, 0.3) is 10.9 Å². The van der Waals surface area contributed by atoms with E-state index in [2.05, 4.69) is 5.10 Å². The van der Waals surface area contributed by atoms with E-state index in [0.29, 0.717) is 32.5 Å². The summed E-state index contributed by atoms with van der Waals surface area (Å²) in [7, 11) is 3.51. The zero-order valence-corrected chi connectivity index (χ0v) is 18.2. The molecule has 7 nitrogen and oxygen atoms in total. The van der Waals surface area contributed by atoms with Gasteiger partial charge < -0.3 is 9.64 Å². The Morgan fingerprint density at radius 3 is 2.48 bits per heavy atom. The molecule has 7 heteroatoms. The summed E-state index contributed by atoms with van der Waals surface area (Å²) < 4.78 is 7.01. The molecule has 4 rings (SSSR count). The fraction of sp³-hybridized carbons (Fsp3) is 0.375. The molecule has 1 fully saturated rings. The molecule has 162 valence electrons. The van der Waals surface area contributed by atoms with Gasteiger partial charge in [-0.25, -0.2) is 4.79 Å². The molecule has 1 aliphatic rings. The van der Waals surface area contributed by atoms with E-state index in [0.717, 1.165) is 27.9 Å². The molecule has 2 amide bonds. The van der Waals surface area contributed by atoms with Crippen molar-refractivity contribution < 1.29 is 14.3 Å². The minimum atomic E-state index is -0.0609. The molecular formula is C24H28N4O3. The first-order chi connectivity index (χ1) is 15.0. The third-order valence-electron chi connectivity index (χ3n) is 6.10. The average Bonchev–Trinajstić information content (AvgIpc) is 3.19. The molecule has 0 unspecified atom stereocenters. The van der Waals surface area contributed by atoms with Gasteiger partial charge in [-0.05, 0) is 62.2 Å². The number of ether oxygens (including phenoxy) is 1. The van der Waals surface area contributed by atoms with Crippen molar-refractivity contribution in [1.82, 2.24) is 14.7 Å². The van der Waals surface area contributed by atoms with Crippen LogP contribution in [0.2, 0.25) is 0 Å². The molecule has 2 aromatic carbocycles. The number of carbonyl (C=O) groups is 2. The lowest BCUT2D eigenvalue weighted by Gasteiger charge is -2.35. The van der Waals surface area contributed by atoms with Crippen LogP contribution in [0.3, 0.4) is 0 Å². The Balaban J connectivity index is 1.40. The summed E-state index contributed by atoms with van der Waals surface area (Å²) in [4.78, 5) is 29.8. The summed E-state index contributed by atoms with van der Waals surface area (Å²) in [5.41, 5.74) is 2.57. The third kappa shape index (κ3) is 4.13. The zero-order valence-electron chi connectivity index (χ0n) is 18.2. The van der Waals surface area contributed by atoms with E-state index < -0.39 is 0 Å². The molecule has 0 aliphatic carbocycles. The molecule has 0 saturated carbocycles. The number of aromatic nitrogens is 2. The molecule has 0 bridgehead atoms. The lowest BCUT2D eigenvalue weighted by atomic mass is 9.88. The molecule has 0 spiro atoms. The van der Waals surface area contributed by atoms with E-state index in [9.17, 15) is 9.59 Å². The number of nitrogens with zero attached hydrogens (tertiary/aromatic N) is 4. The fourth-order valence-electron chi connectivity index (χ4n) is 4.25. The van der Waals surface area contributed by atoms with E-state index in [4.69, 9.17) is 4.74 Å². The van der Waals surface area contributed by atoms with Gasteiger partial charge in [0, 0.05) is 49.2 Å². The predicted molar refractivity (Wildman–Crippen MR) is 121 cm³/mol. The van der Waals surface area contributed by atoms with Crippen molar-refractivity contribution in [2.24, 2.45) is 13.0 Å². The Bertz CT molecular complexity index is 1080. The quantitative estimate of drug-likeness (QED) is 0.582. The number of urea groups is 1. The molecule has 0 radical (unpaired) electrons. The molecule has 1 saturated heterocycles. The molecule has 1 aromatic heterocycles. The van der Waals surface area contributed by atoms with E-state index in [1.165, 1.54) is 0 Å². The number of ketones is 1. The van der Waals surface area contributed by atoms with Crippen LogP contribution < -0.4 is 9.64 Å². The number of benzene rings is 2. The number of rotatable bonds is 5. The Morgan fingerprint density at radius 1 is 1.13 bits per heavy atom. The maximum absolute atomic E-state index is 13.1. The molecule has 2 heterocycles. The van der Waals surface area contributed by atoms with Gasteiger partial charge in [-0.1, -0.05) is 0 Å². The smallest absolute Gasteiger partial charge is 0.324 e. The molecule has 1 aliphatic heterocycles. The van der Waals surface area contributed by atoms with Crippen molar-refractivity contribution in [3.63, 3.8) is 0 Å². The monoisotopic (exact) mass is 420 g/mol.